The summed E-state index contributed by atoms with van der Waals surface area (Å²) in [4.78, 5) is 26.0. The Balaban J connectivity index is 1.75. The number of hydrogen-bond donors (Lipinski definition) is 1. The number of carbonyl (C=O) groups excluding carboxylic acids is 2. The summed E-state index contributed by atoms with van der Waals surface area (Å²) in [6.07, 6.45) is 0.741. The van der Waals surface area contributed by atoms with Crippen LogP contribution in [0.2, 0.25) is 0 Å². The van der Waals surface area contributed by atoms with Crippen LogP contribution < -0.4 is 5.32 Å². The largest absolute Gasteiger partial charge is 0.325 e. The number of benzene rings is 1. The number of nitrogens with zero attached hydrogens (tertiary/aromatic N) is 1. The van der Waals surface area contributed by atoms with Gasteiger partial charge >= 0.3 is 6.03 Å². The second-order valence-corrected chi connectivity index (χ2v) is 7.21. The lowest BCUT2D eigenvalue weighted by molar-refractivity contribution is -0.130. The van der Waals surface area contributed by atoms with Crippen LogP contribution in [0.25, 0.3) is 0 Å². The van der Waals surface area contributed by atoms with E-state index in [1.165, 1.54) is 10.5 Å². The maximum Gasteiger partial charge on any atom is 0.325 e. The molecule has 1 spiro atoms. The molecule has 0 aromatic heterocycles. The normalized spacial score (nSPS) is 25.2. The first-order valence-corrected chi connectivity index (χ1v) is 8.48. The summed E-state index contributed by atoms with van der Waals surface area (Å²) < 4.78 is 0. The van der Waals surface area contributed by atoms with Crippen molar-refractivity contribution < 1.29 is 9.59 Å². The quantitative estimate of drug-likeness (QED) is 0.874. The van der Waals surface area contributed by atoms with Crippen LogP contribution in [0.4, 0.5) is 4.79 Å². The SMILES string of the molecule is CC(C)c1ccc(CN2C(=O)NC3(CCSC3)C2=O)cc1. The van der Waals surface area contributed by atoms with Crippen LogP contribution in [0.3, 0.4) is 0 Å². The first kappa shape index (κ1) is 14.4. The molecular weight excluding hydrogens is 284 g/mol. The molecule has 4 nitrogen and oxygen atoms in total. The molecule has 0 saturated carbocycles. The van der Waals surface area contributed by atoms with Gasteiger partial charge in [-0.1, -0.05) is 38.1 Å². The molecule has 2 saturated heterocycles. The van der Waals surface area contributed by atoms with Crippen molar-refractivity contribution in [2.75, 3.05) is 11.5 Å². The fourth-order valence-electron chi connectivity index (χ4n) is 2.84. The zero-order valence-corrected chi connectivity index (χ0v) is 13.2. The van der Waals surface area contributed by atoms with Crippen molar-refractivity contribution in [1.82, 2.24) is 10.2 Å². The van der Waals surface area contributed by atoms with Crippen molar-refractivity contribution in [3.8, 4) is 0 Å². The molecule has 1 atom stereocenters. The molecule has 1 N–H and O–H groups in total. The Morgan fingerprint density at radius 3 is 2.57 bits per heavy atom. The first-order valence-electron chi connectivity index (χ1n) is 7.32. The maximum atomic E-state index is 12.5. The topological polar surface area (TPSA) is 49.4 Å². The maximum absolute atomic E-state index is 12.5. The molecule has 3 amide bonds. The number of carbonyl (C=O) groups is 2. The van der Waals surface area contributed by atoms with Crippen LogP contribution >= 0.6 is 11.8 Å². The number of imide groups is 1. The van der Waals surface area contributed by atoms with Crippen LogP contribution in [-0.4, -0.2) is 33.9 Å². The molecule has 2 aliphatic rings. The van der Waals surface area contributed by atoms with Gasteiger partial charge < -0.3 is 5.32 Å². The Hall–Kier alpha value is -1.49. The average Bonchev–Trinajstić information content (AvgIpc) is 3.01. The summed E-state index contributed by atoms with van der Waals surface area (Å²) in [5, 5.41) is 2.90. The van der Waals surface area contributed by atoms with E-state index in [0.717, 1.165) is 17.7 Å². The number of nitrogens with one attached hydrogen (secondary N) is 1. The van der Waals surface area contributed by atoms with Crippen molar-refractivity contribution in [3.63, 3.8) is 0 Å². The van der Waals surface area contributed by atoms with Gasteiger partial charge in [0.05, 0.1) is 6.54 Å². The second kappa shape index (κ2) is 5.37. The molecule has 21 heavy (non-hydrogen) atoms. The third-order valence-corrected chi connectivity index (χ3v) is 5.44. The van der Waals surface area contributed by atoms with Crippen LogP contribution in [0, 0.1) is 0 Å². The summed E-state index contributed by atoms with van der Waals surface area (Å²) in [5.74, 6) is 2.04. The second-order valence-electron chi connectivity index (χ2n) is 6.10. The number of urea groups is 1. The van der Waals surface area contributed by atoms with Crippen molar-refractivity contribution in [2.45, 2.75) is 38.3 Å². The lowest BCUT2D eigenvalue weighted by atomic mass is 9.99. The Morgan fingerprint density at radius 1 is 1.29 bits per heavy atom. The van der Waals surface area contributed by atoms with Crippen molar-refractivity contribution >= 4 is 23.7 Å². The highest BCUT2D eigenvalue weighted by molar-refractivity contribution is 7.99. The lowest BCUT2D eigenvalue weighted by Gasteiger charge is -2.19. The molecule has 2 aliphatic heterocycles. The third kappa shape index (κ3) is 2.55. The molecule has 2 heterocycles. The van der Waals surface area contributed by atoms with Gasteiger partial charge in [-0.25, -0.2) is 4.79 Å². The Labute approximate surface area is 129 Å². The minimum Gasteiger partial charge on any atom is -0.322 e. The van der Waals surface area contributed by atoms with Crippen LogP contribution in [0.5, 0.6) is 0 Å². The first-order chi connectivity index (χ1) is 10.0. The van der Waals surface area contributed by atoms with E-state index in [0.29, 0.717) is 18.2 Å². The Kier molecular flexibility index (Phi) is 3.69. The van der Waals surface area contributed by atoms with Crippen molar-refractivity contribution in [2.24, 2.45) is 0 Å². The van der Waals surface area contributed by atoms with Gasteiger partial charge in [0.15, 0.2) is 0 Å². The molecule has 0 bridgehead atoms. The van der Waals surface area contributed by atoms with Gasteiger partial charge in [-0.2, -0.15) is 11.8 Å². The van der Waals surface area contributed by atoms with E-state index in [1.54, 1.807) is 11.8 Å². The minimum atomic E-state index is -0.639. The highest BCUT2D eigenvalue weighted by Gasteiger charge is 2.52. The van der Waals surface area contributed by atoms with Crippen molar-refractivity contribution in [3.05, 3.63) is 35.4 Å². The fraction of sp³-hybridized carbons (Fsp3) is 0.500. The summed E-state index contributed by atoms with van der Waals surface area (Å²) in [6, 6.07) is 7.89. The monoisotopic (exact) mass is 304 g/mol. The van der Waals surface area contributed by atoms with Gasteiger partial charge in [0.25, 0.3) is 5.91 Å². The van der Waals surface area contributed by atoms with E-state index in [1.807, 2.05) is 12.1 Å². The zero-order chi connectivity index (χ0) is 15.0. The number of amides is 3. The lowest BCUT2D eigenvalue weighted by Crippen LogP contribution is -2.46. The third-order valence-electron chi connectivity index (χ3n) is 4.25. The van der Waals surface area contributed by atoms with Gasteiger partial charge in [0, 0.05) is 5.75 Å². The van der Waals surface area contributed by atoms with E-state index in [4.69, 9.17) is 0 Å². The zero-order valence-electron chi connectivity index (χ0n) is 12.4. The van der Waals surface area contributed by atoms with E-state index >= 15 is 0 Å². The van der Waals surface area contributed by atoms with Crippen LogP contribution in [-0.2, 0) is 11.3 Å². The van der Waals surface area contributed by atoms with Crippen LogP contribution in [0.15, 0.2) is 24.3 Å². The summed E-state index contributed by atoms with van der Waals surface area (Å²) in [5.41, 5.74) is 1.62. The standard InChI is InChI=1S/C16H20N2O2S/c1-11(2)13-5-3-12(4-6-13)9-18-14(19)16(17-15(18)20)7-8-21-10-16/h3-6,11H,7-10H2,1-2H3,(H,17,20). The van der Waals surface area contributed by atoms with Gasteiger partial charge in [-0.15, -0.1) is 0 Å². The summed E-state index contributed by atoms with van der Waals surface area (Å²) in [7, 11) is 0. The predicted octanol–water partition coefficient (Wildman–Crippen LogP) is 2.74. The highest BCUT2D eigenvalue weighted by Crippen LogP contribution is 2.34. The Bertz CT molecular complexity index is 562. The molecule has 1 unspecified atom stereocenters. The number of rotatable bonds is 3. The van der Waals surface area contributed by atoms with Gasteiger partial charge in [-0.05, 0) is 29.2 Å². The van der Waals surface area contributed by atoms with E-state index in [2.05, 4.69) is 31.3 Å². The van der Waals surface area contributed by atoms with Crippen molar-refractivity contribution in [1.29, 1.82) is 0 Å². The molecule has 1 aromatic carbocycles. The number of thioether (sulfide) groups is 1. The Morgan fingerprint density at radius 2 is 2.00 bits per heavy atom. The van der Waals surface area contributed by atoms with E-state index in [-0.39, 0.29) is 11.9 Å². The molecule has 3 rings (SSSR count). The van der Waals surface area contributed by atoms with Gasteiger partial charge in [0.1, 0.15) is 5.54 Å². The fourth-order valence-corrected chi connectivity index (χ4v) is 4.17. The highest BCUT2D eigenvalue weighted by atomic mass is 32.2. The molecule has 2 fully saturated rings. The van der Waals surface area contributed by atoms with Gasteiger partial charge in [0.2, 0.25) is 0 Å². The molecule has 112 valence electrons. The average molecular weight is 304 g/mol. The molecular formula is C16H20N2O2S. The van der Waals surface area contributed by atoms with Crippen LogP contribution in [0.1, 0.15) is 37.3 Å². The number of hydrogen-bond acceptors (Lipinski definition) is 3. The van der Waals surface area contributed by atoms with E-state index in [9.17, 15) is 9.59 Å². The summed E-state index contributed by atoms with van der Waals surface area (Å²) in [6.45, 7) is 4.65. The predicted molar refractivity (Wildman–Crippen MR) is 84.3 cm³/mol. The minimum absolute atomic E-state index is 0.0644. The molecule has 0 aliphatic carbocycles. The molecule has 1 aromatic rings. The molecule has 5 heteroatoms. The molecule has 0 radical (unpaired) electrons. The summed E-state index contributed by atoms with van der Waals surface area (Å²) >= 11 is 1.73. The van der Waals surface area contributed by atoms with Gasteiger partial charge in [-0.3, -0.25) is 9.69 Å². The smallest absolute Gasteiger partial charge is 0.322 e. The van der Waals surface area contributed by atoms with E-state index < -0.39 is 5.54 Å².